The fourth-order valence-electron chi connectivity index (χ4n) is 1.50. The SMILES string of the molecule is COc1cc(-c2ccncc2N)ccc1Cl. The van der Waals surface area contributed by atoms with Crippen LogP contribution in [0.5, 0.6) is 5.75 Å². The number of aromatic nitrogens is 1. The van der Waals surface area contributed by atoms with Crippen LogP contribution in [0, 0.1) is 0 Å². The summed E-state index contributed by atoms with van der Waals surface area (Å²) in [6.07, 6.45) is 3.32. The number of methoxy groups -OCH3 is 1. The topological polar surface area (TPSA) is 48.1 Å². The van der Waals surface area contributed by atoms with Gasteiger partial charge in [-0.1, -0.05) is 17.7 Å². The smallest absolute Gasteiger partial charge is 0.138 e. The Bertz CT molecular complexity index is 514. The van der Waals surface area contributed by atoms with E-state index in [-0.39, 0.29) is 0 Å². The standard InChI is InChI=1S/C12H11ClN2O/c1-16-12-6-8(2-3-10(12)13)9-4-5-15-7-11(9)14/h2-7H,14H2,1H3. The van der Waals surface area contributed by atoms with Gasteiger partial charge in [-0.05, 0) is 23.8 Å². The molecule has 0 amide bonds. The van der Waals surface area contributed by atoms with E-state index >= 15 is 0 Å². The van der Waals surface area contributed by atoms with Crippen molar-refractivity contribution in [3.63, 3.8) is 0 Å². The lowest BCUT2D eigenvalue weighted by molar-refractivity contribution is 0.415. The number of hydrogen-bond donors (Lipinski definition) is 1. The van der Waals surface area contributed by atoms with Crippen LogP contribution in [-0.4, -0.2) is 12.1 Å². The van der Waals surface area contributed by atoms with E-state index in [4.69, 9.17) is 22.1 Å². The van der Waals surface area contributed by atoms with Crippen molar-refractivity contribution in [2.75, 3.05) is 12.8 Å². The molecule has 82 valence electrons. The van der Waals surface area contributed by atoms with Crippen LogP contribution in [0.25, 0.3) is 11.1 Å². The van der Waals surface area contributed by atoms with Gasteiger partial charge in [0.05, 0.1) is 24.0 Å². The second-order valence-corrected chi connectivity index (χ2v) is 3.72. The first kappa shape index (κ1) is 10.8. The predicted octanol–water partition coefficient (Wildman–Crippen LogP) is 2.99. The number of rotatable bonds is 2. The average molecular weight is 235 g/mol. The molecule has 2 N–H and O–H groups in total. The Morgan fingerprint density at radius 2 is 2.12 bits per heavy atom. The Morgan fingerprint density at radius 3 is 2.81 bits per heavy atom. The second-order valence-electron chi connectivity index (χ2n) is 3.31. The van der Waals surface area contributed by atoms with Crippen molar-refractivity contribution in [2.45, 2.75) is 0 Å². The number of benzene rings is 1. The molecule has 0 aliphatic carbocycles. The van der Waals surface area contributed by atoms with Gasteiger partial charge in [0.15, 0.2) is 0 Å². The lowest BCUT2D eigenvalue weighted by atomic mass is 10.1. The minimum absolute atomic E-state index is 0.582. The molecule has 3 nitrogen and oxygen atoms in total. The number of pyridine rings is 1. The van der Waals surface area contributed by atoms with Crippen LogP contribution in [-0.2, 0) is 0 Å². The third-order valence-electron chi connectivity index (χ3n) is 2.31. The van der Waals surface area contributed by atoms with Crippen molar-refractivity contribution < 1.29 is 4.74 Å². The zero-order valence-corrected chi connectivity index (χ0v) is 9.53. The number of nitrogens with zero attached hydrogens (tertiary/aromatic N) is 1. The number of ether oxygens (including phenoxy) is 1. The summed E-state index contributed by atoms with van der Waals surface area (Å²) in [6.45, 7) is 0. The number of nitrogens with two attached hydrogens (primary N) is 1. The largest absolute Gasteiger partial charge is 0.495 e. The molecule has 0 bridgehead atoms. The summed E-state index contributed by atoms with van der Waals surface area (Å²) >= 11 is 5.95. The van der Waals surface area contributed by atoms with Crippen LogP contribution in [0.2, 0.25) is 5.02 Å². The van der Waals surface area contributed by atoms with E-state index in [0.29, 0.717) is 16.5 Å². The lowest BCUT2D eigenvalue weighted by Gasteiger charge is -2.08. The Morgan fingerprint density at radius 1 is 1.31 bits per heavy atom. The lowest BCUT2D eigenvalue weighted by Crippen LogP contribution is -1.91. The van der Waals surface area contributed by atoms with E-state index in [1.54, 1.807) is 25.6 Å². The van der Waals surface area contributed by atoms with Crippen molar-refractivity contribution >= 4 is 17.3 Å². The maximum Gasteiger partial charge on any atom is 0.138 e. The highest BCUT2D eigenvalue weighted by molar-refractivity contribution is 6.32. The van der Waals surface area contributed by atoms with Crippen molar-refractivity contribution in [3.8, 4) is 16.9 Å². The van der Waals surface area contributed by atoms with Gasteiger partial charge in [0.25, 0.3) is 0 Å². The first-order chi connectivity index (χ1) is 7.72. The first-order valence-corrected chi connectivity index (χ1v) is 5.13. The Labute approximate surface area is 98.8 Å². The number of hydrogen-bond acceptors (Lipinski definition) is 3. The molecule has 2 aromatic rings. The van der Waals surface area contributed by atoms with Crippen LogP contribution in [0.4, 0.5) is 5.69 Å². The summed E-state index contributed by atoms with van der Waals surface area (Å²) in [7, 11) is 1.58. The minimum Gasteiger partial charge on any atom is -0.495 e. The molecule has 2 rings (SSSR count). The Balaban J connectivity index is 2.53. The van der Waals surface area contributed by atoms with E-state index in [1.165, 1.54) is 0 Å². The normalized spacial score (nSPS) is 10.1. The van der Waals surface area contributed by atoms with Crippen molar-refractivity contribution in [1.29, 1.82) is 0 Å². The zero-order chi connectivity index (χ0) is 11.5. The molecule has 4 heteroatoms. The minimum atomic E-state index is 0.582. The van der Waals surface area contributed by atoms with E-state index in [1.807, 2.05) is 18.2 Å². The molecule has 1 heterocycles. The molecule has 0 saturated heterocycles. The van der Waals surface area contributed by atoms with Crippen LogP contribution in [0.15, 0.2) is 36.7 Å². The monoisotopic (exact) mass is 234 g/mol. The van der Waals surface area contributed by atoms with Gasteiger partial charge in [-0.2, -0.15) is 0 Å². The molecule has 0 aliphatic heterocycles. The van der Waals surface area contributed by atoms with Crippen molar-refractivity contribution in [2.24, 2.45) is 0 Å². The van der Waals surface area contributed by atoms with Gasteiger partial charge < -0.3 is 10.5 Å². The summed E-state index contributed by atoms with van der Waals surface area (Å²) in [6, 6.07) is 7.40. The molecule has 16 heavy (non-hydrogen) atoms. The molecular formula is C12H11ClN2O. The van der Waals surface area contributed by atoms with Crippen molar-refractivity contribution in [3.05, 3.63) is 41.7 Å². The van der Waals surface area contributed by atoms with Crippen LogP contribution in [0.1, 0.15) is 0 Å². The van der Waals surface area contributed by atoms with Gasteiger partial charge in [-0.15, -0.1) is 0 Å². The summed E-state index contributed by atoms with van der Waals surface area (Å²) in [4.78, 5) is 3.95. The Kier molecular flexibility index (Phi) is 2.97. The molecular weight excluding hydrogens is 224 g/mol. The third kappa shape index (κ3) is 1.95. The number of halogens is 1. The molecule has 1 aromatic carbocycles. The highest BCUT2D eigenvalue weighted by Crippen LogP contribution is 2.32. The summed E-state index contributed by atoms with van der Waals surface area (Å²) in [5, 5.41) is 0.582. The van der Waals surface area contributed by atoms with Crippen LogP contribution in [0.3, 0.4) is 0 Å². The number of nitrogen functional groups attached to an aromatic ring is 1. The summed E-state index contributed by atoms with van der Waals surface area (Å²) in [5.41, 5.74) is 8.36. The fraction of sp³-hybridized carbons (Fsp3) is 0.0833. The van der Waals surface area contributed by atoms with Gasteiger partial charge in [0, 0.05) is 11.8 Å². The molecule has 1 aromatic heterocycles. The second kappa shape index (κ2) is 4.41. The van der Waals surface area contributed by atoms with Gasteiger partial charge >= 0.3 is 0 Å². The van der Waals surface area contributed by atoms with Gasteiger partial charge in [-0.3, -0.25) is 4.98 Å². The Hall–Kier alpha value is -1.74. The van der Waals surface area contributed by atoms with Gasteiger partial charge in [-0.25, -0.2) is 0 Å². The fourth-order valence-corrected chi connectivity index (χ4v) is 1.69. The van der Waals surface area contributed by atoms with Gasteiger partial charge in [0.2, 0.25) is 0 Å². The molecule has 0 unspecified atom stereocenters. The zero-order valence-electron chi connectivity index (χ0n) is 8.77. The quantitative estimate of drug-likeness (QED) is 0.869. The first-order valence-electron chi connectivity index (χ1n) is 4.76. The van der Waals surface area contributed by atoms with Crippen LogP contribution < -0.4 is 10.5 Å². The maximum atomic E-state index is 5.95. The summed E-state index contributed by atoms with van der Waals surface area (Å²) < 4.78 is 5.16. The maximum absolute atomic E-state index is 5.95. The van der Waals surface area contributed by atoms with E-state index in [9.17, 15) is 0 Å². The molecule has 0 spiro atoms. The van der Waals surface area contributed by atoms with Crippen molar-refractivity contribution in [1.82, 2.24) is 4.98 Å². The highest BCUT2D eigenvalue weighted by Gasteiger charge is 2.06. The predicted molar refractivity (Wildman–Crippen MR) is 65.6 cm³/mol. The third-order valence-corrected chi connectivity index (χ3v) is 2.63. The highest BCUT2D eigenvalue weighted by atomic mass is 35.5. The molecule has 0 atom stereocenters. The average Bonchev–Trinajstić information content (AvgIpc) is 2.31. The molecule has 0 aliphatic rings. The van der Waals surface area contributed by atoms with Gasteiger partial charge in [0.1, 0.15) is 5.75 Å². The number of anilines is 1. The van der Waals surface area contributed by atoms with E-state index in [2.05, 4.69) is 4.98 Å². The van der Waals surface area contributed by atoms with Crippen LogP contribution >= 0.6 is 11.6 Å². The molecule has 0 saturated carbocycles. The van der Waals surface area contributed by atoms with E-state index in [0.717, 1.165) is 11.1 Å². The molecule has 0 fully saturated rings. The summed E-state index contributed by atoms with van der Waals surface area (Å²) in [5.74, 6) is 0.635. The van der Waals surface area contributed by atoms with E-state index < -0.39 is 0 Å². The molecule has 0 radical (unpaired) electrons.